The number of pyridine rings is 2. The smallest absolute Gasteiger partial charge is 0.147 e. The number of rotatable bonds is 5. The first kappa shape index (κ1) is 18.9. The molecule has 0 spiro atoms. The molecule has 0 fully saturated rings. The van der Waals surface area contributed by atoms with Crippen LogP contribution < -0.4 is 5.32 Å². The summed E-state index contributed by atoms with van der Waals surface area (Å²) in [6, 6.07) is 20.1. The van der Waals surface area contributed by atoms with Gasteiger partial charge in [-0.3, -0.25) is 0 Å². The van der Waals surface area contributed by atoms with Crippen LogP contribution in [0.15, 0.2) is 66.9 Å². The predicted molar refractivity (Wildman–Crippen MR) is 118 cm³/mol. The molecule has 2 aromatic heterocycles. The summed E-state index contributed by atoms with van der Waals surface area (Å²) in [6.07, 6.45) is 2.78. The summed E-state index contributed by atoms with van der Waals surface area (Å²) < 4.78 is 0. The molecule has 0 aliphatic heterocycles. The number of phenols is 1. The van der Waals surface area contributed by atoms with E-state index in [1.807, 2.05) is 50.2 Å². The van der Waals surface area contributed by atoms with E-state index < -0.39 is 0 Å². The van der Waals surface area contributed by atoms with Crippen molar-refractivity contribution in [2.45, 2.75) is 33.2 Å². The zero-order chi connectivity index (χ0) is 20.4. The second kappa shape index (κ2) is 7.92. The van der Waals surface area contributed by atoms with Crippen LogP contribution in [0, 0.1) is 13.8 Å². The minimum absolute atomic E-state index is 0.205. The summed E-state index contributed by atoms with van der Waals surface area (Å²) >= 11 is 0. The first-order chi connectivity index (χ1) is 14.0. The third-order valence-electron chi connectivity index (χ3n) is 5.25. The average molecular weight is 383 g/mol. The number of fused-ring (bicyclic) bond motifs is 1. The quantitative estimate of drug-likeness (QED) is 0.463. The number of hydrogen-bond acceptors (Lipinski definition) is 4. The Kier molecular flexibility index (Phi) is 5.17. The van der Waals surface area contributed by atoms with Gasteiger partial charge in [-0.05, 0) is 55.2 Å². The number of nitrogens with one attached hydrogen (secondary N) is 1. The van der Waals surface area contributed by atoms with Crippen LogP contribution in [0.3, 0.4) is 0 Å². The van der Waals surface area contributed by atoms with Crippen molar-refractivity contribution in [2.75, 3.05) is 5.32 Å². The summed E-state index contributed by atoms with van der Waals surface area (Å²) in [5.74, 6) is 0.974. The molecule has 4 rings (SSSR count). The molecule has 0 radical (unpaired) electrons. The molecule has 0 aliphatic rings. The second-order valence-corrected chi connectivity index (χ2v) is 7.42. The fourth-order valence-corrected chi connectivity index (χ4v) is 3.57. The number of anilines is 1. The number of phenolic OH excluding ortho intramolecular Hbond substituents is 1. The Balaban J connectivity index is 1.84. The number of benzene rings is 2. The van der Waals surface area contributed by atoms with Crippen molar-refractivity contribution in [2.24, 2.45) is 0 Å². The Labute approximate surface area is 171 Å². The van der Waals surface area contributed by atoms with Gasteiger partial charge in [0.2, 0.25) is 0 Å². The highest BCUT2D eigenvalue weighted by atomic mass is 16.3. The zero-order valence-corrected chi connectivity index (χ0v) is 17.0. The topological polar surface area (TPSA) is 58.0 Å². The highest BCUT2D eigenvalue weighted by Gasteiger charge is 2.20. The third-order valence-corrected chi connectivity index (χ3v) is 5.25. The van der Waals surface area contributed by atoms with Gasteiger partial charge >= 0.3 is 0 Å². The van der Waals surface area contributed by atoms with Gasteiger partial charge in [-0.15, -0.1) is 0 Å². The Hall–Kier alpha value is -3.40. The van der Waals surface area contributed by atoms with Crippen molar-refractivity contribution in [3.63, 3.8) is 0 Å². The van der Waals surface area contributed by atoms with E-state index in [9.17, 15) is 5.11 Å². The zero-order valence-electron chi connectivity index (χ0n) is 17.0. The first-order valence-corrected chi connectivity index (χ1v) is 9.92. The van der Waals surface area contributed by atoms with Crippen LogP contribution in [0.1, 0.15) is 40.9 Å². The molecule has 4 nitrogen and oxygen atoms in total. The van der Waals surface area contributed by atoms with Crippen LogP contribution in [0.5, 0.6) is 5.75 Å². The summed E-state index contributed by atoms with van der Waals surface area (Å²) in [7, 11) is 0. The molecule has 4 heteroatoms. The highest BCUT2D eigenvalue weighted by Crippen LogP contribution is 2.36. The lowest BCUT2D eigenvalue weighted by Gasteiger charge is -2.22. The molecule has 0 bridgehead atoms. The van der Waals surface area contributed by atoms with Gasteiger partial charge in [-0.25, -0.2) is 9.97 Å². The number of aromatic hydroxyl groups is 1. The van der Waals surface area contributed by atoms with Gasteiger partial charge in [0.1, 0.15) is 17.1 Å². The van der Waals surface area contributed by atoms with Crippen LogP contribution in [0.2, 0.25) is 0 Å². The fraction of sp³-hybridized carbons (Fsp3) is 0.200. The van der Waals surface area contributed by atoms with Crippen LogP contribution in [-0.2, 0) is 6.42 Å². The Morgan fingerprint density at radius 3 is 2.45 bits per heavy atom. The molecule has 4 aromatic rings. The van der Waals surface area contributed by atoms with E-state index in [1.165, 1.54) is 5.56 Å². The van der Waals surface area contributed by atoms with Crippen LogP contribution in [0.4, 0.5) is 5.82 Å². The minimum atomic E-state index is -0.248. The molecule has 0 saturated carbocycles. The molecular formula is C25H25N3O. The monoisotopic (exact) mass is 383 g/mol. The number of aromatic nitrogens is 2. The molecule has 146 valence electrons. The van der Waals surface area contributed by atoms with Crippen LogP contribution >= 0.6 is 0 Å². The highest BCUT2D eigenvalue weighted by molar-refractivity contribution is 5.86. The molecule has 1 atom stereocenters. The lowest BCUT2D eigenvalue weighted by molar-refractivity contribution is 0.471. The van der Waals surface area contributed by atoms with Gasteiger partial charge in [0.05, 0.1) is 6.04 Å². The van der Waals surface area contributed by atoms with Gasteiger partial charge < -0.3 is 10.4 Å². The number of nitrogens with zero attached hydrogens (tertiary/aromatic N) is 2. The molecular weight excluding hydrogens is 358 g/mol. The van der Waals surface area contributed by atoms with Gasteiger partial charge in [0.15, 0.2) is 0 Å². The third kappa shape index (κ3) is 3.92. The summed E-state index contributed by atoms with van der Waals surface area (Å²) in [5, 5.41) is 15.5. The second-order valence-electron chi connectivity index (χ2n) is 7.42. The van der Waals surface area contributed by atoms with E-state index in [0.29, 0.717) is 5.52 Å². The predicted octanol–water partition coefficient (Wildman–Crippen LogP) is 5.72. The molecule has 0 amide bonds. The summed E-state index contributed by atoms with van der Waals surface area (Å²) in [5.41, 5.74) is 5.75. The SMILES string of the molecule is CCc1ccc([C@H](Nc2cc(C)ccn2)c2ccc3ccc(C)nc3c2O)cc1. The standard InChI is InChI=1S/C25H25N3O/c1-4-18-6-9-19(10-7-18)23(28-22-15-16(2)13-14-26-22)21-12-11-20-8-5-17(3)27-24(20)25(21)29/h5-15,23,29H,4H2,1-3H3,(H,26,28)/t23-/m0/s1. The maximum Gasteiger partial charge on any atom is 0.147 e. The number of aryl methyl sites for hydroxylation is 3. The van der Waals surface area contributed by atoms with Gasteiger partial charge in [0, 0.05) is 22.8 Å². The fourth-order valence-electron chi connectivity index (χ4n) is 3.57. The molecule has 0 saturated heterocycles. The normalized spacial score (nSPS) is 12.1. The van der Waals surface area contributed by atoms with E-state index in [1.54, 1.807) is 6.20 Å². The molecule has 2 aromatic carbocycles. The van der Waals surface area contributed by atoms with E-state index in [-0.39, 0.29) is 11.8 Å². The van der Waals surface area contributed by atoms with Crippen molar-refractivity contribution in [3.05, 3.63) is 94.8 Å². The van der Waals surface area contributed by atoms with Crippen LogP contribution in [-0.4, -0.2) is 15.1 Å². The molecule has 0 aliphatic carbocycles. The number of hydrogen-bond donors (Lipinski definition) is 2. The van der Waals surface area contributed by atoms with Crippen molar-refractivity contribution in [3.8, 4) is 5.75 Å². The van der Waals surface area contributed by atoms with Gasteiger partial charge in [0.25, 0.3) is 0 Å². The van der Waals surface area contributed by atoms with E-state index in [2.05, 4.69) is 46.5 Å². The first-order valence-electron chi connectivity index (χ1n) is 9.92. The van der Waals surface area contributed by atoms with Crippen LogP contribution in [0.25, 0.3) is 10.9 Å². The maximum absolute atomic E-state index is 11.1. The molecule has 2 N–H and O–H groups in total. The largest absolute Gasteiger partial charge is 0.505 e. The van der Waals surface area contributed by atoms with Gasteiger partial charge in [-0.1, -0.05) is 49.4 Å². The molecule has 0 unspecified atom stereocenters. The maximum atomic E-state index is 11.1. The lowest BCUT2D eigenvalue weighted by Crippen LogP contribution is -2.14. The van der Waals surface area contributed by atoms with Crippen molar-refractivity contribution >= 4 is 16.7 Å². The van der Waals surface area contributed by atoms with Crippen molar-refractivity contribution in [1.29, 1.82) is 0 Å². The summed E-state index contributed by atoms with van der Waals surface area (Å²) in [6.45, 7) is 6.12. The lowest BCUT2D eigenvalue weighted by atomic mass is 9.95. The Morgan fingerprint density at radius 2 is 1.72 bits per heavy atom. The van der Waals surface area contributed by atoms with Crippen molar-refractivity contribution < 1.29 is 5.11 Å². The van der Waals surface area contributed by atoms with E-state index in [4.69, 9.17) is 0 Å². The Morgan fingerprint density at radius 1 is 0.966 bits per heavy atom. The van der Waals surface area contributed by atoms with Gasteiger partial charge in [-0.2, -0.15) is 0 Å². The van der Waals surface area contributed by atoms with Crippen molar-refractivity contribution in [1.82, 2.24) is 9.97 Å². The van der Waals surface area contributed by atoms with E-state index >= 15 is 0 Å². The average Bonchev–Trinajstić information content (AvgIpc) is 2.73. The molecule has 29 heavy (non-hydrogen) atoms. The molecule has 2 heterocycles. The minimum Gasteiger partial charge on any atom is -0.505 e. The summed E-state index contributed by atoms with van der Waals surface area (Å²) in [4.78, 5) is 9.03. The Bertz CT molecular complexity index is 1150. The van der Waals surface area contributed by atoms with E-state index in [0.717, 1.165) is 40.0 Å².